The van der Waals surface area contributed by atoms with E-state index in [0.29, 0.717) is 22.3 Å². The normalized spacial score (nSPS) is 13.7. The number of rotatable bonds is 5. The summed E-state index contributed by atoms with van der Waals surface area (Å²) in [4.78, 5) is 24.1. The Bertz CT molecular complexity index is 1420. The van der Waals surface area contributed by atoms with Gasteiger partial charge in [0.25, 0.3) is 0 Å². The van der Waals surface area contributed by atoms with Gasteiger partial charge in [-0.05, 0) is 54.8 Å². The third-order valence-corrected chi connectivity index (χ3v) is 5.51. The fourth-order valence-corrected chi connectivity index (χ4v) is 3.72. The van der Waals surface area contributed by atoms with Crippen LogP contribution >= 0.6 is 0 Å². The number of aromatic nitrogens is 1. The van der Waals surface area contributed by atoms with Crippen molar-refractivity contribution >= 4 is 28.2 Å². The summed E-state index contributed by atoms with van der Waals surface area (Å²) in [5.74, 6) is -1.89. The van der Waals surface area contributed by atoms with Gasteiger partial charge in [-0.15, -0.1) is 0 Å². The zero-order chi connectivity index (χ0) is 22.2. The Hall–Kier alpha value is -4.13. The fourth-order valence-electron chi connectivity index (χ4n) is 3.72. The number of carboxylic acid groups (broad SMARTS) is 1. The average Bonchev–Trinajstić information content (AvgIpc) is 3.64. The molecule has 7 heteroatoms. The molecule has 1 saturated carbocycles. The molecule has 1 N–H and O–H groups in total. The molecule has 0 bridgehead atoms. The van der Waals surface area contributed by atoms with Gasteiger partial charge in [0.15, 0.2) is 0 Å². The van der Waals surface area contributed by atoms with Crippen molar-refractivity contribution in [3.05, 3.63) is 94.5 Å². The molecule has 0 radical (unpaired) electrons. The Morgan fingerprint density at radius 3 is 2.25 bits per heavy atom. The Labute approximate surface area is 182 Å². The van der Waals surface area contributed by atoms with Crippen molar-refractivity contribution in [2.75, 3.05) is 0 Å². The second-order valence-electron chi connectivity index (χ2n) is 7.75. The van der Waals surface area contributed by atoms with Crippen LogP contribution in [0.1, 0.15) is 29.2 Å². The van der Waals surface area contributed by atoms with E-state index in [-0.39, 0.29) is 17.0 Å². The summed E-state index contributed by atoms with van der Waals surface area (Å²) >= 11 is 0. The predicted molar refractivity (Wildman–Crippen MR) is 119 cm³/mol. The van der Waals surface area contributed by atoms with Crippen LogP contribution in [0, 0.1) is 5.82 Å². The number of carboxylic acids is 1. The predicted octanol–water partition coefficient (Wildman–Crippen LogP) is 6.26. The minimum atomic E-state index is -1.31. The Morgan fingerprint density at radius 2 is 1.62 bits per heavy atom. The number of azo groups is 1. The van der Waals surface area contributed by atoms with Crippen molar-refractivity contribution in [2.24, 2.45) is 10.2 Å². The highest BCUT2D eigenvalue weighted by molar-refractivity contribution is 5.94. The first-order chi connectivity index (χ1) is 15.5. The number of carbonyl (C=O) groups is 1. The van der Waals surface area contributed by atoms with Crippen molar-refractivity contribution in [2.45, 2.75) is 18.9 Å². The van der Waals surface area contributed by atoms with Gasteiger partial charge in [-0.25, -0.2) is 9.18 Å². The summed E-state index contributed by atoms with van der Waals surface area (Å²) in [6, 6.07) is 19.2. The van der Waals surface area contributed by atoms with E-state index < -0.39 is 17.2 Å². The lowest BCUT2D eigenvalue weighted by molar-refractivity contribution is 0.0695. The summed E-state index contributed by atoms with van der Waals surface area (Å²) in [6.45, 7) is 0. The first-order valence-electron chi connectivity index (χ1n) is 10.2. The molecule has 1 aliphatic rings. The smallest absolute Gasteiger partial charge is 0.341 e. The molecule has 1 fully saturated rings. The molecule has 0 amide bonds. The minimum Gasteiger partial charge on any atom is -0.477 e. The second-order valence-corrected chi connectivity index (χ2v) is 7.75. The van der Waals surface area contributed by atoms with E-state index in [0.717, 1.165) is 24.6 Å². The number of hydrogen-bond acceptors (Lipinski definition) is 4. The topological polar surface area (TPSA) is 84.0 Å². The molecule has 158 valence electrons. The van der Waals surface area contributed by atoms with Crippen LogP contribution < -0.4 is 5.43 Å². The maximum atomic E-state index is 15.0. The van der Waals surface area contributed by atoms with Gasteiger partial charge in [0.05, 0.1) is 16.9 Å². The highest BCUT2D eigenvalue weighted by Gasteiger charge is 2.27. The van der Waals surface area contributed by atoms with Crippen LogP contribution in [0.3, 0.4) is 0 Å². The monoisotopic (exact) mass is 427 g/mol. The van der Waals surface area contributed by atoms with Crippen molar-refractivity contribution in [3.63, 3.8) is 0 Å². The third kappa shape index (κ3) is 3.69. The van der Waals surface area contributed by atoms with Gasteiger partial charge in [0.1, 0.15) is 11.4 Å². The first-order valence-corrected chi connectivity index (χ1v) is 10.2. The van der Waals surface area contributed by atoms with Crippen molar-refractivity contribution in [1.82, 2.24) is 4.57 Å². The molecule has 5 rings (SSSR count). The van der Waals surface area contributed by atoms with E-state index in [1.807, 2.05) is 30.3 Å². The number of benzene rings is 3. The number of halogens is 1. The maximum Gasteiger partial charge on any atom is 0.341 e. The van der Waals surface area contributed by atoms with Crippen LogP contribution in [0.15, 0.2) is 87.9 Å². The summed E-state index contributed by atoms with van der Waals surface area (Å²) in [7, 11) is 0. The van der Waals surface area contributed by atoms with E-state index in [1.54, 1.807) is 34.9 Å². The zero-order valence-corrected chi connectivity index (χ0v) is 16.9. The van der Waals surface area contributed by atoms with Crippen LogP contribution in [-0.4, -0.2) is 15.6 Å². The quantitative estimate of drug-likeness (QED) is 0.382. The average molecular weight is 427 g/mol. The van der Waals surface area contributed by atoms with Gasteiger partial charge in [-0.1, -0.05) is 30.3 Å². The van der Waals surface area contributed by atoms with Crippen LogP contribution in [-0.2, 0) is 0 Å². The summed E-state index contributed by atoms with van der Waals surface area (Å²) < 4.78 is 16.8. The first kappa shape index (κ1) is 19.8. The van der Waals surface area contributed by atoms with Gasteiger partial charge >= 0.3 is 5.97 Å². The standard InChI is InChI=1S/C25H18FN3O3/c26-22-12-20-23(29(18-10-11-18)14-21(24(20)30)25(31)32)13-19(22)15-6-8-17(9-7-15)28-27-16-4-2-1-3-5-16/h1-9,12-14,18H,10-11H2,(H,31,32). The van der Waals surface area contributed by atoms with E-state index in [1.165, 1.54) is 6.20 Å². The Balaban J connectivity index is 1.56. The molecule has 32 heavy (non-hydrogen) atoms. The molecule has 0 saturated heterocycles. The molecule has 0 aliphatic heterocycles. The number of hydrogen-bond donors (Lipinski definition) is 1. The largest absolute Gasteiger partial charge is 0.477 e. The van der Waals surface area contributed by atoms with Crippen molar-refractivity contribution in [1.29, 1.82) is 0 Å². The fraction of sp³-hybridized carbons (Fsp3) is 0.120. The molecule has 1 aliphatic carbocycles. The van der Waals surface area contributed by atoms with Crippen LogP contribution in [0.25, 0.3) is 22.0 Å². The molecule has 0 spiro atoms. The van der Waals surface area contributed by atoms with E-state index in [2.05, 4.69) is 10.2 Å². The lowest BCUT2D eigenvalue weighted by Crippen LogP contribution is -2.19. The number of nitrogens with zero attached hydrogens (tertiary/aromatic N) is 3. The van der Waals surface area contributed by atoms with E-state index in [4.69, 9.17) is 0 Å². The van der Waals surface area contributed by atoms with E-state index in [9.17, 15) is 19.1 Å². The number of aromatic carboxylic acids is 1. The molecular weight excluding hydrogens is 409 g/mol. The van der Waals surface area contributed by atoms with Gasteiger partial charge in [0, 0.05) is 23.2 Å². The van der Waals surface area contributed by atoms with Crippen LogP contribution in [0.4, 0.5) is 15.8 Å². The third-order valence-electron chi connectivity index (χ3n) is 5.51. The van der Waals surface area contributed by atoms with Crippen molar-refractivity contribution < 1.29 is 14.3 Å². The van der Waals surface area contributed by atoms with Crippen LogP contribution in [0.5, 0.6) is 0 Å². The Kier molecular flexibility index (Phi) is 4.86. The molecule has 6 nitrogen and oxygen atoms in total. The highest BCUT2D eigenvalue weighted by Crippen LogP contribution is 2.38. The lowest BCUT2D eigenvalue weighted by Gasteiger charge is -2.14. The molecule has 4 aromatic rings. The number of pyridine rings is 1. The minimum absolute atomic E-state index is 0.0753. The van der Waals surface area contributed by atoms with Gasteiger partial charge in [-0.2, -0.15) is 10.2 Å². The Morgan fingerprint density at radius 1 is 0.969 bits per heavy atom. The SMILES string of the molecule is O=C(O)c1cn(C2CC2)c2cc(-c3ccc(N=Nc4ccccc4)cc3)c(F)cc2c1=O. The summed E-state index contributed by atoms with van der Waals surface area (Å²) in [6.07, 6.45) is 3.16. The highest BCUT2D eigenvalue weighted by atomic mass is 19.1. The zero-order valence-electron chi connectivity index (χ0n) is 16.9. The maximum absolute atomic E-state index is 15.0. The molecule has 1 heterocycles. The molecule has 1 aromatic heterocycles. The second kappa shape index (κ2) is 7.85. The lowest BCUT2D eigenvalue weighted by atomic mass is 10.0. The van der Waals surface area contributed by atoms with Crippen molar-refractivity contribution in [3.8, 4) is 11.1 Å². The van der Waals surface area contributed by atoms with Crippen LogP contribution in [0.2, 0.25) is 0 Å². The summed E-state index contributed by atoms with van der Waals surface area (Å²) in [5, 5.41) is 17.8. The van der Waals surface area contributed by atoms with Gasteiger partial charge in [0.2, 0.25) is 5.43 Å². The molecular formula is C25H18FN3O3. The van der Waals surface area contributed by atoms with E-state index >= 15 is 0 Å². The summed E-state index contributed by atoms with van der Waals surface area (Å²) in [5.41, 5.74) is 1.83. The molecule has 3 aromatic carbocycles. The molecule has 0 unspecified atom stereocenters. The van der Waals surface area contributed by atoms with Gasteiger partial charge in [-0.3, -0.25) is 4.79 Å². The number of fused-ring (bicyclic) bond motifs is 1. The van der Waals surface area contributed by atoms with Gasteiger partial charge < -0.3 is 9.67 Å². The molecule has 0 atom stereocenters.